The van der Waals surface area contributed by atoms with Crippen LogP contribution in [0.25, 0.3) is 0 Å². The number of nitrogens with one attached hydrogen (secondary N) is 1. The molecule has 0 saturated heterocycles. The van der Waals surface area contributed by atoms with E-state index in [0.717, 1.165) is 5.56 Å². The summed E-state index contributed by atoms with van der Waals surface area (Å²) in [7, 11) is 1.63. The first-order valence-corrected chi connectivity index (χ1v) is 9.56. The summed E-state index contributed by atoms with van der Waals surface area (Å²) in [6.45, 7) is 6.33. The fraction of sp³-hybridized carbons (Fsp3) is 0.600. The summed E-state index contributed by atoms with van der Waals surface area (Å²) in [6, 6.07) is 7.08. The maximum absolute atomic E-state index is 12.0. The zero-order chi connectivity index (χ0) is 20.1. The van der Waals surface area contributed by atoms with Gasteiger partial charge in [-0.1, -0.05) is 12.1 Å². The highest BCUT2D eigenvalue weighted by atomic mass is 32.1. The number of thiol groups is 1. The van der Waals surface area contributed by atoms with Crippen LogP contribution in [0.3, 0.4) is 0 Å². The first-order valence-electron chi connectivity index (χ1n) is 9.12. The van der Waals surface area contributed by atoms with Gasteiger partial charge in [-0.15, -0.1) is 0 Å². The van der Waals surface area contributed by atoms with E-state index < -0.39 is 4.87 Å². The number of rotatable bonds is 14. The molecule has 1 N–H and O–H groups in total. The second-order valence-electron chi connectivity index (χ2n) is 6.75. The van der Waals surface area contributed by atoms with Crippen LogP contribution in [0.1, 0.15) is 42.6 Å². The second-order valence-corrected chi connectivity index (χ2v) is 7.86. The van der Waals surface area contributed by atoms with E-state index in [0.29, 0.717) is 57.9 Å². The second kappa shape index (κ2) is 12.9. The van der Waals surface area contributed by atoms with E-state index in [1.165, 1.54) is 0 Å². The number of hydrogen-bond acceptors (Lipinski definition) is 6. The molecule has 6 nitrogen and oxygen atoms in total. The molecule has 0 aliphatic heterocycles. The molecule has 1 aromatic rings. The molecule has 27 heavy (non-hydrogen) atoms. The Labute approximate surface area is 167 Å². The highest BCUT2D eigenvalue weighted by Crippen LogP contribution is 2.11. The van der Waals surface area contributed by atoms with Gasteiger partial charge < -0.3 is 19.5 Å². The molecule has 7 heteroatoms. The molecule has 0 aliphatic rings. The largest absolute Gasteiger partial charge is 0.382 e. The number of hydrogen-bond donors (Lipinski definition) is 2. The van der Waals surface area contributed by atoms with Crippen molar-refractivity contribution in [2.75, 3.05) is 40.1 Å². The van der Waals surface area contributed by atoms with E-state index in [1.54, 1.807) is 33.1 Å². The number of ketones is 1. The van der Waals surface area contributed by atoms with Gasteiger partial charge in [0.05, 0.1) is 31.3 Å². The molecule has 0 aliphatic carbocycles. The molecule has 1 amide bonds. The van der Waals surface area contributed by atoms with Crippen LogP contribution in [-0.4, -0.2) is 56.7 Å². The number of amides is 1. The quantitative estimate of drug-likeness (QED) is 0.287. The normalized spacial score (nSPS) is 11.4. The molecule has 0 heterocycles. The molecular formula is C20H31NO5S. The summed E-state index contributed by atoms with van der Waals surface area (Å²) in [6.07, 6.45) is 1.52. The summed E-state index contributed by atoms with van der Waals surface area (Å²) < 4.78 is 15.6. The summed E-state index contributed by atoms with van der Waals surface area (Å²) in [4.78, 5) is 23.5. The Bertz CT molecular complexity index is 569. The molecule has 0 saturated carbocycles. The van der Waals surface area contributed by atoms with Crippen molar-refractivity contribution < 1.29 is 23.8 Å². The van der Waals surface area contributed by atoms with E-state index in [4.69, 9.17) is 14.2 Å². The minimum Gasteiger partial charge on any atom is -0.382 e. The third-order valence-electron chi connectivity index (χ3n) is 3.58. The average molecular weight is 398 g/mol. The van der Waals surface area contributed by atoms with Gasteiger partial charge in [0, 0.05) is 32.1 Å². The number of methoxy groups -OCH3 is 1. The molecule has 152 valence electrons. The first-order chi connectivity index (χ1) is 12.8. The topological polar surface area (TPSA) is 73.9 Å². The van der Waals surface area contributed by atoms with Crippen molar-refractivity contribution >= 4 is 24.3 Å². The minimum atomic E-state index is -0.580. The number of carbonyl (C=O) groups is 2. The van der Waals surface area contributed by atoms with Gasteiger partial charge in [0.1, 0.15) is 5.78 Å². The Balaban J connectivity index is 2.20. The van der Waals surface area contributed by atoms with Gasteiger partial charge in [-0.25, -0.2) is 0 Å². The number of carbonyl (C=O) groups excluding carboxylic acids is 2. The average Bonchev–Trinajstić information content (AvgIpc) is 2.59. The molecule has 0 aromatic heterocycles. The number of ether oxygens (including phenoxy) is 3. The van der Waals surface area contributed by atoms with Crippen molar-refractivity contribution in [3.8, 4) is 0 Å². The first kappa shape index (κ1) is 23.6. The van der Waals surface area contributed by atoms with Gasteiger partial charge in [0.25, 0.3) is 5.91 Å². The van der Waals surface area contributed by atoms with Crippen LogP contribution in [0.4, 0.5) is 0 Å². The molecule has 0 spiro atoms. The Morgan fingerprint density at radius 2 is 1.59 bits per heavy atom. The summed E-state index contributed by atoms with van der Waals surface area (Å²) in [5.74, 6) is -0.0279. The van der Waals surface area contributed by atoms with Gasteiger partial charge in [0.15, 0.2) is 0 Å². The molecule has 0 unspecified atom stereocenters. The fourth-order valence-corrected chi connectivity index (χ4v) is 2.38. The van der Waals surface area contributed by atoms with E-state index >= 15 is 0 Å². The van der Waals surface area contributed by atoms with Crippen molar-refractivity contribution in [2.24, 2.45) is 0 Å². The lowest BCUT2D eigenvalue weighted by atomic mass is 10.0. The lowest BCUT2D eigenvalue weighted by Crippen LogP contribution is -2.38. The van der Waals surface area contributed by atoms with Crippen LogP contribution in [0.5, 0.6) is 0 Å². The third-order valence-corrected chi connectivity index (χ3v) is 3.70. The standard InChI is InChI=1S/C20H31NO5S/c1-20(2,27)21-19(23)17-8-6-16(7-9-17)15-18(22)5-4-10-25-13-14-26-12-11-24-3/h6-9,27H,4-5,10-15H2,1-3H3,(H,21,23). The Morgan fingerprint density at radius 3 is 2.19 bits per heavy atom. The van der Waals surface area contributed by atoms with Crippen LogP contribution >= 0.6 is 12.6 Å². The van der Waals surface area contributed by atoms with Crippen molar-refractivity contribution in [1.29, 1.82) is 0 Å². The van der Waals surface area contributed by atoms with Crippen molar-refractivity contribution in [3.05, 3.63) is 35.4 Å². The van der Waals surface area contributed by atoms with Gasteiger partial charge >= 0.3 is 0 Å². The summed E-state index contributed by atoms with van der Waals surface area (Å²) in [5.41, 5.74) is 1.45. The Hall–Kier alpha value is -1.41. The molecule has 0 atom stereocenters. The molecule has 0 bridgehead atoms. The molecule has 0 radical (unpaired) electrons. The minimum absolute atomic E-state index is 0.156. The smallest absolute Gasteiger partial charge is 0.252 e. The lowest BCUT2D eigenvalue weighted by Gasteiger charge is -2.19. The van der Waals surface area contributed by atoms with E-state index in [2.05, 4.69) is 17.9 Å². The zero-order valence-corrected chi connectivity index (χ0v) is 17.3. The SMILES string of the molecule is COCCOCCOCCCC(=O)Cc1ccc(C(=O)NC(C)(C)S)cc1. The fourth-order valence-electron chi connectivity index (χ4n) is 2.28. The zero-order valence-electron chi connectivity index (χ0n) is 16.5. The third kappa shape index (κ3) is 11.8. The Morgan fingerprint density at radius 1 is 1.00 bits per heavy atom. The van der Waals surface area contributed by atoms with Crippen molar-refractivity contribution in [2.45, 2.75) is 38.0 Å². The van der Waals surface area contributed by atoms with Crippen molar-refractivity contribution in [1.82, 2.24) is 5.32 Å². The van der Waals surface area contributed by atoms with Gasteiger partial charge in [-0.3, -0.25) is 9.59 Å². The molecule has 0 fully saturated rings. The summed E-state index contributed by atoms with van der Waals surface area (Å²) in [5, 5.41) is 2.78. The maximum Gasteiger partial charge on any atom is 0.252 e. The number of benzene rings is 1. The molecule has 1 aromatic carbocycles. The van der Waals surface area contributed by atoms with Crippen LogP contribution in [0.15, 0.2) is 24.3 Å². The van der Waals surface area contributed by atoms with Gasteiger partial charge in [0.2, 0.25) is 0 Å². The molecule has 1 rings (SSSR count). The summed E-state index contributed by atoms with van der Waals surface area (Å²) >= 11 is 4.28. The predicted molar refractivity (Wildman–Crippen MR) is 108 cm³/mol. The Kier molecular flexibility index (Phi) is 11.3. The highest BCUT2D eigenvalue weighted by molar-refractivity contribution is 7.81. The predicted octanol–water partition coefficient (Wildman–Crippen LogP) is 2.65. The monoisotopic (exact) mass is 397 g/mol. The number of Topliss-reactive ketones (excluding diaryl/α,β-unsaturated/α-hetero) is 1. The molecular weight excluding hydrogens is 366 g/mol. The van der Waals surface area contributed by atoms with E-state index in [-0.39, 0.29) is 11.7 Å². The van der Waals surface area contributed by atoms with Crippen LogP contribution in [0, 0.1) is 0 Å². The maximum atomic E-state index is 12.0. The van der Waals surface area contributed by atoms with E-state index in [9.17, 15) is 9.59 Å². The highest BCUT2D eigenvalue weighted by Gasteiger charge is 2.16. The van der Waals surface area contributed by atoms with Gasteiger partial charge in [-0.05, 0) is 38.0 Å². The van der Waals surface area contributed by atoms with Gasteiger partial charge in [-0.2, -0.15) is 12.6 Å². The lowest BCUT2D eigenvalue weighted by molar-refractivity contribution is -0.118. The van der Waals surface area contributed by atoms with Crippen LogP contribution in [-0.2, 0) is 25.4 Å². The van der Waals surface area contributed by atoms with Crippen LogP contribution < -0.4 is 5.32 Å². The van der Waals surface area contributed by atoms with Crippen molar-refractivity contribution in [3.63, 3.8) is 0 Å². The van der Waals surface area contributed by atoms with Crippen LogP contribution in [0.2, 0.25) is 0 Å². The van der Waals surface area contributed by atoms with E-state index in [1.807, 2.05) is 12.1 Å².